The van der Waals surface area contributed by atoms with Crippen LogP contribution >= 0.6 is 0 Å². The van der Waals surface area contributed by atoms with Crippen molar-refractivity contribution in [2.24, 2.45) is 0 Å². The van der Waals surface area contributed by atoms with Crippen LogP contribution in [0.5, 0.6) is 0 Å². The first-order valence-electron chi connectivity index (χ1n) is 10.6. The molecule has 6 aromatic rings. The molecular weight excluding hydrogens is 382 g/mol. The highest BCUT2D eigenvalue weighted by molar-refractivity contribution is 6.16. The van der Waals surface area contributed by atoms with E-state index in [0.717, 1.165) is 55.5 Å². The molecule has 0 aliphatic rings. The molecule has 3 heterocycles. The van der Waals surface area contributed by atoms with Gasteiger partial charge in [-0.3, -0.25) is 4.98 Å². The zero-order valence-corrected chi connectivity index (χ0v) is 17.4. The third kappa shape index (κ3) is 2.85. The Kier molecular flexibility index (Phi) is 3.97. The van der Waals surface area contributed by atoms with Crippen LogP contribution in [0.25, 0.3) is 55.5 Å². The van der Waals surface area contributed by atoms with Crippen LogP contribution in [0.2, 0.25) is 0 Å². The van der Waals surface area contributed by atoms with Crippen molar-refractivity contribution in [3.63, 3.8) is 0 Å². The first-order chi connectivity index (χ1) is 15.2. The summed E-state index contributed by atoms with van der Waals surface area (Å²) in [5.41, 5.74) is 6.65. The molecule has 0 saturated heterocycles. The molecule has 3 aromatic heterocycles. The van der Waals surface area contributed by atoms with Gasteiger partial charge in [-0.15, -0.1) is 0 Å². The molecule has 0 amide bonds. The van der Waals surface area contributed by atoms with Crippen LogP contribution in [-0.2, 0) is 0 Å². The minimum absolute atomic E-state index is 0.441. The average molecular weight is 403 g/mol. The van der Waals surface area contributed by atoms with E-state index in [1.54, 1.807) is 0 Å². The molecule has 3 aromatic carbocycles. The van der Waals surface area contributed by atoms with Gasteiger partial charge in [0.25, 0.3) is 0 Å². The summed E-state index contributed by atoms with van der Waals surface area (Å²) in [7, 11) is 0. The fraction of sp³-hybridized carbons (Fsp3) is 0.107. The lowest BCUT2D eigenvalue weighted by molar-refractivity contribution is 0.612. The van der Waals surface area contributed by atoms with Crippen molar-refractivity contribution in [3.8, 4) is 22.6 Å². The summed E-state index contributed by atoms with van der Waals surface area (Å²) in [6.07, 6.45) is 1.88. The smallest absolute Gasteiger partial charge is 0.178 e. The van der Waals surface area contributed by atoms with Gasteiger partial charge in [-0.1, -0.05) is 62.4 Å². The summed E-state index contributed by atoms with van der Waals surface area (Å²) >= 11 is 0. The number of nitrogens with zero attached hydrogens (tertiary/aromatic N) is 1. The van der Waals surface area contributed by atoms with Crippen molar-refractivity contribution in [3.05, 3.63) is 90.6 Å². The van der Waals surface area contributed by atoms with Crippen LogP contribution in [0.1, 0.15) is 25.3 Å². The van der Waals surface area contributed by atoms with Gasteiger partial charge in [0.2, 0.25) is 0 Å². The molecule has 0 spiro atoms. The van der Waals surface area contributed by atoms with Crippen LogP contribution in [0.3, 0.4) is 0 Å². The van der Waals surface area contributed by atoms with E-state index < -0.39 is 0 Å². The van der Waals surface area contributed by atoms with Gasteiger partial charge in [-0.25, -0.2) is 0 Å². The Balaban J connectivity index is 1.60. The first-order valence-corrected chi connectivity index (χ1v) is 10.6. The number of benzene rings is 3. The third-order valence-electron chi connectivity index (χ3n) is 5.94. The van der Waals surface area contributed by atoms with E-state index in [1.807, 2.05) is 24.4 Å². The second kappa shape index (κ2) is 6.85. The fourth-order valence-electron chi connectivity index (χ4n) is 4.25. The number of pyridine rings is 1. The van der Waals surface area contributed by atoms with Crippen molar-refractivity contribution < 1.29 is 8.83 Å². The van der Waals surface area contributed by atoms with Crippen molar-refractivity contribution in [2.45, 2.75) is 19.8 Å². The Morgan fingerprint density at radius 2 is 1.55 bits per heavy atom. The molecule has 0 bridgehead atoms. The lowest BCUT2D eigenvalue weighted by Crippen LogP contribution is -1.90. The predicted molar refractivity (Wildman–Crippen MR) is 126 cm³/mol. The number of furan rings is 2. The lowest BCUT2D eigenvalue weighted by atomic mass is 10.0. The Bertz CT molecular complexity index is 1550. The molecule has 0 unspecified atom stereocenters. The average Bonchev–Trinajstić information content (AvgIpc) is 3.41. The van der Waals surface area contributed by atoms with Crippen LogP contribution in [0.15, 0.2) is 93.9 Å². The number of aromatic nitrogens is 1. The number of rotatable bonds is 3. The molecule has 31 heavy (non-hydrogen) atoms. The van der Waals surface area contributed by atoms with Crippen molar-refractivity contribution in [1.82, 2.24) is 4.98 Å². The minimum atomic E-state index is 0.441. The molecule has 0 saturated carbocycles. The van der Waals surface area contributed by atoms with Gasteiger partial charge >= 0.3 is 0 Å². The summed E-state index contributed by atoms with van der Waals surface area (Å²) in [6.45, 7) is 4.39. The molecule has 3 heteroatoms. The zero-order chi connectivity index (χ0) is 20.9. The monoisotopic (exact) mass is 403 g/mol. The molecular formula is C28H21NO2. The molecule has 0 fully saturated rings. The van der Waals surface area contributed by atoms with Gasteiger partial charge in [-0.2, -0.15) is 0 Å². The molecule has 0 N–H and O–H groups in total. The van der Waals surface area contributed by atoms with Gasteiger partial charge in [0.15, 0.2) is 11.2 Å². The van der Waals surface area contributed by atoms with Crippen LogP contribution in [0.4, 0.5) is 0 Å². The predicted octanol–water partition coefficient (Wildman–Crippen LogP) is 8.18. The Hall–Kier alpha value is -3.85. The van der Waals surface area contributed by atoms with E-state index in [-0.39, 0.29) is 0 Å². The molecule has 0 aliphatic heterocycles. The van der Waals surface area contributed by atoms with Crippen LogP contribution in [-0.4, -0.2) is 4.98 Å². The summed E-state index contributed by atoms with van der Waals surface area (Å²) in [6, 6.07) is 26.9. The van der Waals surface area contributed by atoms with Crippen molar-refractivity contribution in [1.29, 1.82) is 0 Å². The van der Waals surface area contributed by atoms with E-state index in [9.17, 15) is 0 Å². The maximum absolute atomic E-state index is 6.47. The molecule has 150 valence electrons. The quantitative estimate of drug-likeness (QED) is 0.299. The first kappa shape index (κ1) is 18.0. The Morgan fingerprint density at radius 3 is 2.39 bits per heavy atom. The maximum Gasteiger partial charge on any atom is 0.178 e. The van der Waals surface area contributed by atoms with Gasteiger partial charge < -0.3 is 8.83 Å². The van der Waals surface area contributed by atoms with Gasteiger partial charge in [-0.05, 0) is 41.8 Å². The van der Waals surface area contributed by atoms with E-state index in [4.69, 9.17) is 8.83 Å². The number of hydrogen-bond acceptors (Lipinski definition) is 3. The fourth-order valence-corrected chi connectivity index (χ4v) is 4.25. The standard InChI is InChI=1S/C28H21NO2/c1-17(2)19-13-14-29-24(15-19)23-10-6-9-21-22-12-11-20-16-25(18-7-4-3-5-8-18)30-26(20)28(22)31-27(21)23/h3-17H,1-2H3. The van der Waals surface area contributed by atoms with E-state index in [2.05, 4.69) is 79.5 Å². The maximum atomic E-state index is 6.47. The summed E-state index contributed by atoms with van der Waals surface area (Å²) in [5.74, 6) is 1.28. The second-order valence-electron chi connectivity index (χ2n) is 8.25. The van der Waals surface area contributed by atoms with E-state index in [1.165, 1.54) is 5.56 Å². The number of hydrogen-bond donors (Lipinski definition) is 0. The van der Waals surface area contributed by atoms with Crippen LogP contribution < -0.4 is 0 Å². The number of fused-ring (bicyclic) bond motifs is 5. The number of para-hydroxylation sites is 1. The molecule has 0 aliphatic carbocycles. The third-order valence-corrected chi connectivity index (χ3v) is 5.94. The lowest BCUT2D eigenvalue weighted by Gasteiger charge is -2.07. The highest BCUT2D eigenvalue weighted by Crippen LogP contribution is 2.40. The van der Waals surface area contributed by atoms with Crippen molar-refractivity contribution in [2.75, 3.05) is 0 Å². The SMILES string of the molecule is CC(C)c1ccnc(-c2cccc3c2oc2c3ccc3cc(-c4ccccc4)oc32)c1. The Labute approximate surface area is 179 Å². The van der Waals surface area contributed by atoms with Crippen molar-refractivity contribution >= 4 is 32.9 Å². The normalized spacial score (nSPS) is 11.8. The van der Waals surface area contributed by atoms with Gasteiger partial charge in [0, 0.05) is 33.5 Å². The zero-order valence-electron chi connectivity index (χ0n) is 17.4. The van der Waals surface area contributed by atoms with E-state index in [0.29, 0.717) is 5.92 Å². The minimum Gasteiger partial charge on any atom is -0.452 e. The van der Waals surface area contributed by atoms with E-state index >= 15 is 0 Å². The second-order valence-corrected chi connectivity index (χ2v) is 8.25. The Morgan fingerprint density at radius 1 is 0.710 bits per heavy atom. The van der Waals surface area contributed by atoms with Crippen LogP contribution in [0, 0.1) is 0 Å². The van der Waals surface area contributed by atoms with Gasteiger partial charge in [0.1, 0.15) is 11.3 Å². The molecule has 6 rings (SSSR count). The summed E-state index contributed by atoms with van der Waals surface area (Å²) in [4.78, 5) is 4.64. The molecule has 0 radical (unpaired) electrons. The topological polar surface area (TPSA) is 39.2 Å². The largest absolute Gasteiger partial charge is 0.452 e. The van der Waals surface area contributed by atoms with Gasteiger partial charge in [0.05, 0.1) is 5.69 Å². The highest BCUT2D eigenvalue weighted by Gasteiger charge is 2.18. The summed E-state index contributed by atoms with van der Waals surface area (Å²) < 4.78 is 12.8. The molecule has 0 atom stereocenters. The summed E-state index contributed by atoms with van der Waals surface area (Å²) in [5, 5.41) is 3.16. The highest BCUT2D eigenvalue weighted by atomic mass is 16.4. The molecule has 3 nitrogen and oxygen atoms in total.